The summed E-state index contributed by atoms with van der Waals surface area (Å²) in [6, 6.07) is 2.27. The number of hydrogen-bond acceptors (Lipinski definition) is 4. The van der Waals surface area contributed by atoms with Crippen molar-refractivity contribution in [2.75, 3.05) is 33.3 Å². The molecular weight excluding hydrogens is 250 g/mol. The predicted molar refractivity (Wildman–Crippen MR) is 81.9 cm³/mol. The van der Waals surface area contributed by atoms with Crippen molar-refractivity contribution in [2.24, 2.45) is 0 Å². The number of nitrogens with zero attached hydrogens (tertiary/aromatic N) is 2. The number of rotatable bonds is 4. The minimum atomic E-state index is -0.00334. The van der Waals surface area contributed by atoms with Crippen LogP contribution in [0.2, 0.25) is 0 Å². The zero-order valence-electron chi connectivity index (χ0n) is 13.1. The van der Waals surface area contributed by atoms with E-state index in [1.165, 1.54) is 38.8 Å². The normalized spacial score (nSPS) is 43.0. The molecular formula is C16H31N3O. The van der Waals surface area contributed by atoms with E-state index in [2.05, 4.69) is 29.1 Å². The fraction of sp³-hybridized carbons (Fsp3) is 1.00. The molecule has 2 bridgehead atoms. The number of likely N-dealkylation sites (N-methyl/N-ethyl adjacent to an activating group) is 2. The van der Waals surface area contributed by atoms with E-state index in [1.807, 2.05) is 0 Å². The van der Waals surface area contributed by atoms with E-state index in [-0.39, 0.29) is 12.1 Å². The second kappa shape index (κ2) is 5.91. The number of likely N-dealkylation sites (tertiary alicyclic amines) is 1. The van der Waals surface area contributed by atoms with Crippen LogP contribution < -0.4 is 5.32 Å². The molecule has 0 aromatic carbocycles. The van der Waals surface area contributed by atoms with Gasteiger partial charge in [-0.15, -0.1) is 0 Å². The van der Waals surface area contributed by atoms with Crippen molar-refractivity contribution in [1.29, 1.82) is 0 Å². The molecule has 3 rings (SSSR count). The third-order valence-corrected chi connectivity index (χ3v) is 6.13. The second-order valence-corrected chi connectivity index (χ2v) is 7.20. The lowest BCUT2D eigenvalue weighted by molar-refractivity contribution is 0.136. The van der Waals surface area contributed by atoms with Crippen molar-refractivity contribution >= 4 is 0 Å². The van der Waals surface area contributed by atoms with Crippen LogP contribution in [0, 0.1) is 0 Å². The van der Waals surface area contributed by atoms with Crippen LogP contribution in [0.15, 0.2) is 0 Å². The van der Waals surface area contributed by atoms with Crippen LogP contribution in [0.3, 0.4) is 0 Å². The summed E-state index contributed by atoms with van der Waals surface area (Å²) in [6.07, 6.45) is 7.60. The van der Waals surface area contributed by atoms with Gasteiger partial charge in [0.1, 0.15) is 0 Å². The Bertz CT molecular complexity index is 338. The lowest BCUT2D eigenvalue weighted by Crippen LogP contribution is -2.48. The third-order valence-electron chi connectivity index (χ3n) is 6.13. The van der Waals surface area contributed by atoms with Crippen molar-refractivity contribution in [1.82, 2.24) is 15.1 Å². The minimum Gasteiger partial charge on any atom is -0.394 e. The van der Waals surface area contributed by atoms with Crippen LogP contribution in [0.1, 0.15) is 45.4 Å². The topological polar surface area (TPSA) is 38.7 Å². The molecule has 2 aliphatic heterocycles. The van der Waals surface area contributed by atoms with Gasteiger partial charge in [-0.3, -0.25) is 9.80 Å². The second-order valence-electron chi connectivity index (χ2n) is 7.20. The maximum Gasteiger partial charge on any atom is 0.0613 e. The molecule has 2 N–H and O–H groups in total. The molecule has 0 aromatic rings. The van der Waals surface area contributed by atoms with E-state index >= 15 is 0 Å². The number of aliphatic hydroxyl groups excluding tert-OH is 1. The number of aliphatic hydroxyl groups is 1. The van der Waals surface area contributed by atoms with Gasteiger partial charge < -0.3 is 10.4 Å². The summed E-state index contributed by atoms with van der Waals surface area (Å²) in [5.74, 6) is 0. The average molecular weight is 281 g/mol. The first-order chi connectivity index (χ1) is 9.67. The first kappa shape index (κ1) is 14.8. The van der Waals surface area contributed by atoms with Gasteiger partial charge in [0.15, 0.2) is 0 Å². The fourth-order valence-corrected chi connectivity index (χ4v) is 4.81. The standard InChI is InChI=1S/C16H31N3O/c1-3-17-16(12-20)8-6-14(10-16)19-9-7-13-4-5-15(11-19)18(13)2/h13-15,17,20H,3-12H2,1-2H3. The van der Waals surface area contributed by atoms with Gasteiger partial charge in [-0.2, -0.15) is 0 Å². The highest BCUT2D eigenvalue weighted by molar-refractivity contribution is 5.01. The van der Waals surface area contributed by atoms with Crippen molar-refractivity contribution in [3.8, 4) is 0 Å². The van der Waals surface area contributed by atoms with Gasteiger partial charge in [-0.1, -0.05) is 6.92 Å². The molecule has 4 unspecified atom stereocenters. The molecule has 4 atom stereocenters. The summed E-state index contributed by atoms with van der Waals surface area (Å²) in [4.78, 5) is 5.35. The zero-order valence-corrected chi connectivity index (χ0v) is 13.1. The van der Waals surface area contributed by atoms with Gasteiger partial charge in [0, 0.05) is 30.2 Å². The Balaban J connectivity index is 1.63. The van der Waals surface area contributed by atoms with Crippen molar-refractivity contribution < 1.29 is 5.11 Å². The highest BCUT2D eigenvalue weighted by atomic mass is 16.3. The fourth-order valence-electron chi connectivity index (χ4n) is 4.81. The van der Waals surface area contributed by atoms with E-state index in [1.54, 1.807) is 0 Å². The van der Waals surface area contributed by atoms with E-state index in [4.69, 9.17) is 0 Å². The summed E-state index contributed by atoms with van der Waals surface area (Å²) in [6.45, 7) is 5.89. The number of fused-ring (bicyclic) bond motifs is 2. The summed E-state index contributed by atoms with van der Waals surface area (Å²) < 4.78 is 0. The monoisotopic (exact) mass is 281 g/mol. The van der Waals surface area contributed by atoms with Crippen LogP contribution in [0.4, 0.5) is 0 Å². The Morgan fingerprint density at radius 1 is 1.15 bits per heavy atom. The molecule has 20 heavy (non-hydrogen) atoms. The molecule has 0 radical (unpaired) electrons. The van der Waals surface area contributed by atoms with Crippen LogP contribution in [0.5, 0.6) is 0 Å². The molecule has 0 aromatic heterocycles. The maximum atomic E-state index is 9.78. The van der Waals surface area contributed by atoms with Gasteiger partial charge in [0.25, 0.3) is 0 Å². The molecule has 3 aliphatic rings. The first-order valence-corrected chi connectivity index (χ1v) is 8.49. The summed E-state index contributed by atoms with van der Waals surface area (Å²) >= 11 is 0. The minimum absolute atomic E-state index is 0.00334. The highest BCUT2D eigenvalue weighted by Crippen LogP contribution is 2.36. The van der Waals surface area contributed by atoms with Crippen molar-refractivity contribution in [2.45, 2.75) is 69.1 Å². The molecule has 116 valence electrons. The summed E-state index contributed by atoms with van der Waals surface area (Å²) in [5.41, 5.74) is -0.00334. The van der Waals surface area contributed by atoms with Crippen LogP contribution in [0.25, 0.3) is 0 Å². The van der Waals surface area contributed by atoms with Crippen molar-refractivity contribution in [3.63, 3.8) is 0 Å². The Morgan fingerprint density at radius 2 is 1.95 bits per heavy atom. The van der Waals surface area contributed by atoms with Gasteiger partial charge in [0.05, 0.1) is 6.61 Å². The molecule has 0 amide bonds. The molecule has 1 saturated carbocycles. The van der Waals surface area contributed by atoms with E-state index < -0.39 is 0 Å². The Kier molecular flexibility index (Phi) is 4.37. The summed E-state index contributed by atoms with van der Waals surface area (Å²) in [7, 11) is 2.32. The smallest absolute Gasteiger partial charge is 0.0613 e. The van der Waals surface area contributed by atoms with E-state index in [0.717, 1.165) is 31.5 Å². The zero-order chi connectivity index (χ0) is 14.2. The molecule has 4 heteroatoms. The maximum absolute atomic E-state index is 9.78. The van der Waals surface area contributed by atoms with E-state index in [0.29, 0.717) is 6.04 Å². The lowest BCUT2D eigenvalue weighted by Gasteiger charge is -2.33. The van der Waals surface area contributed by atoms with E-state index in [9.17, 15) is 5.11 Å². The van der Waals surface area contributed by atoms with Crippen LogP contribution in [-0.4, -0.2) is 71.9 Å². The van der Waals surface area contributed by atoms with Crippen molar-refractivity contribution in [3.05, 3.63) is 0 Å². The highest BCUT2D eigenvalue weighted by Gasteiger charge is 2.43. The van der Waals surface area contributed by atoms with Gasteiger partial charge in [0.2, 0.25) is 0 Å². The molecule has 3 fully saturated rings. The van der Waals surface area contributed by atoms with Crippen LogP contribution >= 0.6 is 0 Å². The first-order valence-electron chi connectivity index (χ1n) is 8.49. The average Bonchev–Trinajstić information content (AvgIpc) is 2.94. The Morgan fingerprint density at radius 3 is 2.70 bits per heavy atom. The molecule has 4 nitrogen and oxygen atoms in total. The molecule has 2 saturated heterocycles. The Labute approximate surface area is 123 Å². The number of nitrogens with one attached hydrogen (secondary N) is 1. The van der Waals surface area contributed by atoms with Gasteiger partial charge >= 0.3 is 0 Å². The molecule has 2 heterocycles. The molecule has 1 aliphatic carbocycles. The van der Waals surface area contributed by atoms with Gasteiger partial charge in [-0.05, 0) is 58.7 Å². The largest absolute Gasteiger partial charge is 0.394 e. The molecule has 0 spiro atoms. The summed E-state index contributed by atoms with van der Waals surface area (Å²) in [5, 5.41) is 13.3. The Hall–Kier alpha value is -0.160. The van der Waals surface area contributed by atoms with Crippen LogP contribution in [-0.2, 0) is 0 Å². The quantitative estimate of drug-likeness (QED) is 0.808. The van der Waals surface area contributed by atoms with Gasteiger partial charge in [-0.25, -0.2) is 0 Å². The third kappa shape index (κ3) is 2.63. The predicted octanol–water partition coefficient (Wildman–Crippen LogP) is 1.05. The lowest BCUT2D eigenvalue weighted by atomic mass is 9.98. The SMILES string of the molecule is CCNC1(CO)CCC(N2CCC3CCC(C2)N3C)C1. The number of hydrogen-bond donors (Lipinski definition) is 2.